The molecule has 7 heteroatoms. The fourth-order valence-electron chi connectivity index (χ4n) is 3.19. The lowest BCUT2D eigenvalue weighted by Gasteiger charge is -2.22. The van der Waals surface area contributed by atoms with E-state index >= 15 is 0 Å². The number of halogens is 2. The van der Waals surface area contributed by atoms with Crippen LogP contribution >= 0.6 is 0 Å². The molecule has 2 atom stereocenters. The van der Waals surface area contributed by atoms with Gasteiger partial charge in [-0.2, -0.15) is 0 Å². The largest absolute Gasteiger partial charge is 0.495 e. The standard InChI is InChI=1S/C16H21F2N3O2/c1-23-14-5-3-2-4-13(14)21-7-6-11(9-21)20-15(22)12-8-16(17,18)10-19-12/h2-5,11-12,19H,6-10H2,1H3,(H,20,22). The number of amides is 1. The predicted octanol–water partition coefficient (Wildman–Crippen LogP) is 1.39. The molecule has 2 unspecified atom stereocenters. The maximum atomic E-state index is 13.2. The Morgan fingerprint density at radius 3 is 2.91 bits per heavy atom. The lowest BCUT2D eigenvalue weighted by atomic mass is 10.1. The zero-order valence-corrected chi connectivity index (χ0v) is 13.0. The van der Waals surface area contributed by atoms with Crippen molar-refractivity contribution in [2.24, 2.45) is 0 Å². The molecule has 0 radical (unpaired) electrons. The number of alkyl halides is 2. The summed E-state index contributed by atoms with van der Waals surface area (Å²) in [7, 11) is 1.63. The molecule has 2 heterocycles. The van der Waals surface area contributed by atoms with E-state index < -0.39 is 24.9 Å². The van der Waals surface area contributed by atoms with E-state index in [0.717, 1.165) is 24.4 Å². The molecule has 0 spiro atoms. The van der Waals surface area contributed by atoms with Gasteiger partial charge in [-0.15, -0.1) is 0 Å². The van der Waals surface area contributed by atoms with Crippen molar-refractivity contribution in [2.45, 2.75) is 30.8 Å². The van der Waals surface area contributed by atoms with Gasteiger partial charge in [0.2, 0.25) is 5.91 Å². The third-order valence-electron chi connectivity index (χ3n) is 4.39. The molecule has 2 aliphatic rings. The van der Waals surface area contributed by atoms with Crippen LogP contribution in [0.2, 0.25) is 0 Å². The number of nitrogens with zero attached hydrogens (tertiary/aromatic N) is 1. The monoisotopic (exact) mass is 325 g/mol. The zero-order valence-electron chi connectivity index (χ0n) is 13.0. The van der Waals surface area contributed by atoms with Crippen LogP contribution in [-0.2, 0) is 4.79 Å². The highest BCUT2D eigenvalue weighted by molar-refractivity contribution is 5.82. The summed E-state index contributed by atoms with van der Waals surface area (Å²) in [5.41, 5.74) is 0.984. The second-order valence-corrected chi connectivity index (χ2v) is 6.11. The molecule has 1 aromatic rings. The van der Waals surface area contributed by atoms with Crippen molar-refractivity contribution >= 4 is 11.6 Å². The average Bonchev–Trinajstić information content (AvgIpc) is 3.13. The SMILES string of the molecule is COc1ccccc1N1CCC(NC(=O)C2CC(F)(F)CN2)C1. The molecule has 0 aromatic heterocycles. The van der Waals surface area contributed by atoms with Crippen molar-refractivity contribution in [1.82, 2.24) is 10.6 Å². The Bertz CT molecular complexity index is 582. The molecule has 2 aliphatic heterocycles. The average molecular weight is 325 g/mol. The van der Waals surface area contributed by atoms with Gasteiger partial charge >= 0.3 is 0 Å². The molecule has 0 saturated carbocycles. The highest BCUT2D eigenvalue weighted by Crippen LogP contribution is 2.30. The van der Waals surface area contributed by atoms with Crippen LogP contribution in [0.25, 0.3) is 0 Å². The highest BCUT2D eigenvalue weighted by Gasteiger charge is 2.42. The summed E-state index contributed by atoms with van der Waals surface area (Å²) in [6.07, 6.45) is 0.356. The molecule has 0 aliphatic carbocycles. The summed E-state index contributed by atoms with van der Waals surface area (Å²) in [5.74, 6) is -2.34. The molecule has 1 amide bonds. The summed E-state index contributed by atoms with van der Waals surface area (Å²) in [5, 5.41) is 5.46. The fraction of sp³-hybridized carbons (Fsp3) is 0.562. The third kappa shape index (κ3) is 3.55. The minimum atomic E-state index is -2.79. The molecule has 1 aromatic carbocycles. The van der Waals surface area contributed by atoms with E-state index in [9.17, 15) is 13.6 Å². The number of hydrogen-bond donors (Lipinski definition) is 2. The number of ether oxygens (including phenoxy) is 1. The Hall–Kier alpha value is -1.89. The number of hydrogen-bond acceptors (Lipinski definition) is 4. The van der Waals surface area contributed by atoms with Crippen molar-refractivity contribution < 1.29 is 18.3 Å². The number of para-hydroxylation sites is 2. The number of carbonyl (C=O) groups excluding carboxylic acids is 1. The molecule has 23 heavy (non-hydrogen) atoms. The van der Waals surface area contributed by atoms with Crippen LogP contribution in [0.3, 0.4) is 0 Å². The lowest BCUT2D eigenvalue weighted by molar-refractivity contribution is -0.124. The van der Waals surface area contributed by atoms with Gasteiger partial charge in [-0.05, 0) is 18.6 Å². The van der Waals surface area contributed by atoms with Crippen molar-refractivity contribution in [3.05, 3.63) is 24.3 Å². The van der Waals surface area contributed by atoms with Crippen LogP contribution in [0.1, 0.15) is 12.8 Å². The lowest BCUT2D eigenvalue weighted by Crippen LogP contribution is -2.46. The Balaban J connectivity index is 1.57. The number of nitrogens with one attached hydrogen (secondary N) is 2. The summed E-state index contributed by atoms with van der Waals surface area (Å²) < 4.78 is 31.7. The highest BCUT2D eigenvalue weighted by atomic mass is 19.3. The molecule has 2 saturated heterocycles. The van der Waals surface area contributed by atoms with E-state index in [1.165, 1.54) is 0 Å². The number of carbonyl (C=O) groups is 1. The summed E-state index contributed by atoms with van der Waals surface area (Å²) in [6.45, 7) is 1.01. The maximum absolute atomic E-state index is 13.2. The third-order valence-corrected chi connectivity index (χ3v) is 4.39. The van der Waals surface area contributed by atoms with Gasteiger partial charge in [0.25, 0.3) is 5.92 Å². The van der Waals surface area contributed by atoms with Crippen LogP contribution in [0.5, 0.6) is 5.75 Å². The zero-order chi connectivity index (χ0) is 16.4. The quantitative estimate of drug-likeness (QED) is 0.878. The Morgan fingerprint density at radius 2 is 2.22 bits per heavy atom. The first-order chi connectivity index (χ1) is 11.0. The summed E-state index contributed by atoms with van der Waals surface area (Å²) >= 11 is 0. The van der Waals surface area contributed by atoms with Crippen molar-refractivity contribution in [3.63, 3.8) is 0 Å². The van der Waals surface area contributed by atoms with Crippen LogP contribution in [-0.4, -0.2) is 50.7 Å². The van der Waals surface area contributed by atoms with Gasteiger partial charge in [0.15, 0.2) is 0 Å². The Morgan fingerprint density at radius 1 is 1.43 bits per heavy atom. The second-order valence-electron chi connectivity index (χ2n) is 6.11. The first-order valence-electron chi connectivity index (χ1n) is 7.78. The molecule has 3 rings (SSSR count). The Kier molecular flexibility index (Phi) is 4.39. The molecule has 5 nitrogen and oxygen atoms in total. The van der Waals surface area contributed by atoms with Gasteiger partial charge < -0.3 is 15.0 Å². The van der Waals surface area contributed by atoms with Gasteiger partial charge in [-0.25, -0.2) is 8.78 Å². The van der Waals surface area contributed by atoms with Crippen LogP contribution in [0.4, 0.5) is 14.5 Å². The van der Waals surface area contributed by atoms with Crippen molar-refractivity contribution in [3.8, 4) is 5.75 Å². The molecular weight excluding hydrogens is 304 g/mol. The van der Waals surface area contributed by atoms with Gasteiger partial charge in [0.05, 0.1) is 25.4 Å². The van der Waals surface area contributed by atoms with Crippen molar-refractivity contribution in [2.75, 3.05) is 31.6 Å². The van der Waals surface area contributed by atoms with Crippen LogP contribution in [0, 0.1) is 0 Å². The fourth-order valence-corrected chi connectivity index (χ4v) is 3.19. The van der Waals surface area contributed by atoms with E-state index in [-0.39, 0.29) is 11.9 Å². The van der Waals surface area contributed by atoms with Gasteiger partial charge in [-0.3, -0.25) is 10.1 Å². The number of benzene rings is 1. The minimum Gasteiger partial charge on any atom is -0.495 e. The molecule has 0 bridgehead atoms. The van der Waals surface area contributed by atoms with E-state index in [1.807, 2.05) is 24.3 Å². The van der Waals surface area contributed by atoms with Crippen LogP contribution in [0.15, 0.2) is 24.3 Å². The topological polar surface area (TPSA) is 53.6 Å². The van der Waals surface area contributed by atoms with Gasteiger partial charge in [0.1, 0.15) is 5.75 Å². The first kappa shape index (κ1) is 16.0. The summed E-state index contributed by atoms with van der Waals surface area (Å²) in [4.78, 5) is 14.2. The second kappa shape index (κ2) is 6.31. The van der Waals surface area contributed by atoms with Gasteiger partial charge in [0, 0.05) is 25.6 Å². The van der Waals surface area contributed by atoms with E-state index in [4.69, 9.17) is 4.74 Å². The molecular formula is C16H21F2N3O2. The molecule has 2 N–H and O–H groups in total. The van der Waals surface area contributed by atoms with E-state index in [2.05, 4.69) is 15.5 Å². The molecule has 2 fully saturated rings. The summed E-state index contributed by atoms with van der Waals surface area (Å²) in [6, 6.07) is 6.87. The normalized spacial score (nSPS) is 26.3. The smallest absolute Gasteiger partial charge is 0.262 e. The first-order valence-corrected chi connectivity index (χ1v) is 7.78. The van der Waals surface area contributed by atoms with Crippen LogP contribution < -0.4 is 20.3 Å². The van der Waals surface area contributed by atoms with Gasteiger partial charge in [-0.1, -0.05) is 12.1 Å². The van der Waals surface area contributed by atoms with Crippen molar-refractivity contribution in [1.29, 1.82) is 0 Å². The Labute approximate surface area is 134 Å². The molecule has 126 valence electrons. The number of rotatable bonds is 4. The van der Waals surface area contributed by atoms with E-state index in [1.54, 1.807) is 7.11 Å². The number of methoxy groups -OCH3 is 1. The number of anilines is 1. The maximum Gasteiger partial charge on any atom is 0.262 e. The predicted molar refractivity (Wildman–Crippen MR) is 83.1 cm³/mol. The minimum absolute atomic E-state index is 0.0385. The van der Waals surface area contributed by atoms with E-state index in [0.29, 0.717) is 6.54 Å².